The minimum absolute atomic E-state index is 0.888. The lowest BCUT2D eigenvalue weighted by atomic mass is 10.0. The molecule has 0 N–H and O–H groups in total. The van der Waals surface area contributed by atoms with E-state index < -0.39 is 0 Å². The van der Waals surface area contributed by atoms with E-state index in [0.29, 0.717) is 0 Å². The van der Waals surface area contributed by atoms with E-state index in [-0.39, 0.29) is 0 Å². The van der Waals surface area contributed by atoms with Gasteiger partial charge < -0.3 is 0 Å². The fraction of sp³-hybridized carbons (Fsp3) is 0.0476. The van der Waals surface area contributed by atoms with E-state index in [1.165, 1.54) is 16.7 Å². The molecule has 0 spiro atoms. The molecule has 0 unspecified atom stereocenters. The Labute approximate surface area is 149 Å². The predicted molar refractivity (Wildman–Crippen MR) is 103 cm³/mol. The van der Waals surface area contributed by atoms with Gasteiger partial charge in [-0.1, -0.05) is 64.0 Å². The number of fused-ring (bicyclic) bond motifs is 1. The number of hydrogen-bond acceptors (Lipinski definition) is 2. The Bertz CT molecular complexity index is 1040. The summed E-state index contributed by atoms with van der Waals surface area (Å²) in [5.74, 6) is 0. The van der Waals surface area contributed by atoms with Crippen LogP contribution in [-0.2, 0) is 0 Å². The average molecular weight is 375 g/mol. The van der Waals surface area contributed by atoms with Crippen LogP contribution in [0, 0.1) is 6.92 Å². The summed E-state index contributed by atoms with van der Waals surface area (Å²) < 4.78 is 1.01. The van der Waals surface area contributed by atoms with Gasteiger partial charge in [0.25, 0.3) is 0 Å². The van der Waals surface area contributed by atoms with Gasteiger partial charge in [0.05, 0.1) is 22.9 Å². The third-order valence-electron chi connectivity index (χ3n) is 4.01. The third kappa shape index (κ3) is 2.95. The van der Waals surface area contributed by atoms with Gasteiger partial charge in [-0.05, 0) is 42.3 Å². The highest BCUT2D eigenvalue weighted by atomic mass is 79.9. The van der Waals surface area contributed by atoms with Crippen molar-refractivity contribution in [2.24, 2.45) is 0 Å². The Kier molecular flexibility index (Phi) is 3.87. The molecule has 24 heavy (non-hydrogen) atoms. The Morgan fingerprint density at radius 1 is 0.750 bits per heavy atom. The molecule has 0 saturated heterocycles. The quantitative estimate of drug-likeness (QED) is 0.427. The molecule has 3 aromatic carbocycles. The van der Waals surface area contributed by atoms with Crippen molar-refractivity contribution in [3.63, 3.8) is 0 Å². The zero-order valence-electron chi connectivity index (χ0n) is 13.2. The molecule has 4 rings (SSSR count). The SMILES string of the molecule is Cc1cccc(-c2cccc(-c3cnc4cc(Br)ccc4n3)c2)c1. The summed E-state index contributed by atoms with van der Waals surface area (Å²) in [6, 6.07) is 22.9. The number of halogens is 1. The molecule has 2 nitrogen and oxygen atoms in total. The van der Waals surface area contributed by atoms with E-state index in [1.807, 2.05) is 24.4 Å². The zero-order valence-corrected chi connectivity index (χ0v) is 14.8. The fourth-order valence-electron chi connectivity index (χ4n) is 2.81. The van der Waals surface area contributed by atoms with Gasteiger partial charge in [-0.2, -0.15) is 0 Å². The topological polar surface area (TPSA) is 25.8 Å². The molecular formula is C21H15BrN2. The molecule has 4 aromatic rings. The van der Waals surface area contributed by atoms with E-state index in [2.05, 4.69) is 76.4 Å². The van der Waals surface area contributed by atoms with E-state index >= 15 is 0 Å². The maximum absolute atomic E-state index is 4.76. The molecular weight excluding hydrogens is 360 g/mol. The third-order valence-corrected chi connectivity index (χ3v) is 4.51. The van der Waals surface area contributed by atoms with Crippen molar-refractivity contribution >= 4 is 27.0 Å². The molecule has 0 amide bonds. The van der Waals surface area contributed by atoms with Gasteiger partial charge in [-0.15, -0.1) is 0 Å². The molecule has 0 aliphatic rings. The van der Waals surface area contributed by atoms with E-state index in [9.17, 15) is 0 Å². The second-order valence-electron chi connectivity index (χ2n) is 5.84. The molecule has 0 atom stereocenters. The summed E-state index contributed by atoms with van der Waals surface area (Å²) in [6.45, 7) is 2.11. The van der Waals surface area contributed by atoms with Gasteiger partial charge in [0.2, 0.25) is 0 Å². The molecule has 3 heteroatoms. The molecule has 0 radical (unpaired) electrons. The van der Waals surface area contributed by atoms with Crippen molar-refractivity contribution in [1.29, 1.82) is 0 Å². The summed E-state index contributed by atoms with van der Waals surface area (Å²) in [4.78, 5) is 9.30. The lowest BCUT2D eigenvalue weighted by Crippen LogP contribution is -1.89. The van der Waals surface area contributed by atoms with Crippen LogP contribution in [0.15, 0.2) is 77.4 Å². The normalized spacial score (nSPS) is 10.9. The highest BCUT2D eigenvalue weighted by Crippen LogP contribution is 2.27. The molecule has 1 aromatic heterocycles. The molecule has 0 bridgehead atoms. The molecule has 0 saturated carbocycles. The van der Waals surface area contributed by atoms with E-state index in [1.54, 1.807) is 0 Å². The number of hydrogen-bond donors (Lipinski definition) is 0. The van der Waals surface area contributed by atoms with Gasteiger partial charge in [0, 0.05) is 10.0 Å². The van der Waals surface area contributed by atoms with Crippen LogP contribution in [0.25, 0.3) is 33.4 Å². The van der Waals surface area contributed by atoms with Crippen LogP contribution in [0.4, 0.5) is 0 Å². The predicted octanol–water partition coefficient (Wildman–Crippen LogP) is 6.03. The first-order chi connectivity index (χ1) is 11.7. The number of aromatic nitrogens is 2. The van der Waals surface area contributed by atoms with Gasteiger partial charge in [0.15, 0.2) is 0 Å². The Balaban J connectivity index is 1.79. The summed E-state index contributed by atoms with van der Waals surface area (Å²) in [6.07, 6.45) is 1.84. The minimum Gasteiger partial charge on any atom is -0.252 e. The average Bonchev–Trinajstić information content (AvgIpc) is 2.61. The number of benzene rings is 3. The van der Waals surface area contributed by atoms with Gasteiger partial charge >= 0.3 is 0 Å². The van der Waals surface area contributed by atoms with Crippen molar-refractivity contribution < 1.29 is 0 Å². The Hall–Kier alpha value is -2.52. The van der Waals surface area contributed by atoms with Crippen LogP contribution in [0.1, 0.15) is 5.56 Å². The van der Waals surface area contributed by atoms with Crippen LogP contribution < -0.4 is 0 Å². The number of rotatable bonds is 2. The molecule has 116 valence electrons. The van der Waals surface area contributed by atoms with Crippen molar-refractivity contribution in [3.05, 3.63) is 83.0 Å². The maximum Gasteiger partial charge on any atom is 0.0898 e. The van der Waals surface area contributed by atoms with Crippen molar-refractivity contribution in [2.75, 3.05) is 0 Å². The fourth-order valence-corrected chi connectivity index (χ4v) is 3.15. The van der Waals surface area contributed by atoms with Crippen molar-refractivity contribution in [1.82, 2.24) is 9.97 Å². The van der Waals surface area contributed by atoms with Gasteiger partial charge in [-0.25, -0.2) is 4.98 Å². The second kappa shape index (κ2) is 6.17. The largest absolute Gasteiger partial charge is 0.252 e. The Morgan fingerprint density at radius 2 is 1.50 bits per heavy atom. The molecule has 0 aliphatic carbocycles. The zero-order chi connectivity index (χ0) is 16.5. The first kappa shape index (κ1) is 15.0. The first-order valence-corrected chi connectivity index (χ1v) is 8.58. The van der Waals surface area contributed by atoms with Crippen LogP contribution in [0.3, 0.4) is 0 Å². The molecule has 0 aliphatic heterocycles. The molecule has 0 fully saturated rings. The Morgan fingerprint density at radius 3 is 2.33 bits per heavy atom. The monoisotopic (exact) mass is 374 g/mol. The van der Waals surface area contributed by atoms with Crippen LogP contribution >= 0.6 is 15.9 Å². The van der Waals surface area contributed by atoms with Gasteiger partial charge in [0.1, 0.15) is 0 Å². The highest BCUT2D eigenvalue weighted by Gasteiger charge is 2.05. The minimum atomic E-state index is 0.888. The summed E-state index contributed by atoms with van der Waals surface area (Å²) in [5.41, 5.74) is 7.42. The lowest BCUT2D eigenvalue weighted by Gasteiger charge is -2.07. The highest BCUT2D eigenvalue weighted by molar-refractivity contribution is 9.10. The standard InChI is InChI=1S/C21H15BrN2/c1-14-4-2-5-15(10-14)16-6-3-7-17(11-16)21-13-23-20-12-18(22)8-9-19(20)24-21/h2-13H,1H3. The maximum atomic E-state index is 4.76. The summed E-state index contributed by atoms with van der Waals surface area (Å²) >= 11 is 3.47. The van der Waals surface area contributed by atoms with Crippen LogP contribution in [0.5, 0.6) is 0 Å². The van der Waals surface area contributed by atoms with Crippen LogP contribution in [0.2, 0.25) is 0 Å². The van der Waals surface area contributed by atoms with Gasteiger partial charge in [-0.3, -0.25) is 4.98 Å². The van der Waals surface area contributed by atoms with Crippen molar-refractivity contribution in [2.45, 2.75) is 6.92 Å². The summed E-state index contributed by atoms with van der Waals surface area (Å²) in [5, 5.41) is 0. The lowest BCUT2D eigenvalue weighted by molar-refractivity contribution is 1.29. The second-order valence-corrected chi connectivity index (χ2v) is 6.75. The summed E-state index contributed by atoms with van der Waals surface area (Å²) in [7, 11) is 0. The first-order valence-electron chi connectivity index (χ1n) is 7.79. The molecule has 1 heterocycles. The van der Waals surface area contributed by atoms with E-state index in [4.69, 9.17) is 4.98 Å². The smallest absolute Gasteiger partial charge is 0.0898 e. The number of nitrogens with zero attached hydrogens (tertiary/aromatic N) is 2. The van der Waals surface area contributed by atoms with E-state index in [0.717, 1.165) is 26.8 Å². The number of aryl methyl sites for hydroxylation is 1. The van der Waals surface area contributed by atoms with Crippen molar-refractivity contribution in [3.8, 4) is 22.4 Å². The van der Waals surface area contributed by atoms with Crippen LogP contribution in [-0.4, -0.2) is 9.97 Å².